The number of rotatable bonds is 5. The molecule has 0 aromatic heterocycles. The first-order chi connectivity index (χ1) is 15.9. The van der Waals surface area contributed by atoms with Crippen LogP contribution in [0.5, 0.6) is 0 Å². The molecule has 1 fully saturated rings. The second kappa shape index (κ2) is 9.09. The Kier molecular flexibility index (Phi) is 6.05. The Bertz CT molecular complexity index is 1250. The molecule has 0 radical (unpaired) electrons. The second-order valence-corrected chi connectivity index (χ2v) is 8.11. The molecule has 3 aromatic rings. The number of amides is 3. The topological polar surface area (TPSA) is 81.5 Å². The Labute approximate surface area is 192 Å². The van der Waals surface area contributed by atoms with Gasteiger partial charge in [0, 0.05) is 5.56 Å². The van der Waals surface area contributed by atoms with Crippen molar-refractivity contribution in [3.05, 3.63) is 101 Å². The molecule has 3 amide bonds. The summed E-state index contributed by atoms with van der Waals surface area (Å²) >= 11 is 0. The largest absolute Gasteiger partial charge is 0.319 e. The Hall–Kier alpha value is -4.24. The first-order valence-corrected chi connectivity index (χ1v) is 10.7. The molecule has 164 valence electrons. The van der Waals surface area contributed by atoms with Gasteiger partial charge in [-0.15, -0.1) is 0 Å². The van der Waals surface area contributed by atoms with Gasteiger partial charge < -0.3 is 4.90 Å². The van der Waals surface area contributed by atoms with Crippen LogP contribution in [0, 0.1) is 18.3 Å². The van der Waals surface area contributed by atoms with Crippen LogP contribution >= 0.6 is 0 Å². The summed E-state index contributed by atoms with van der Waals surface area (Å²) in [7, 11) is 0. The van der Waals surface area contributed by atoms with E-state index in [0.717, 1.165) is 16.0 Å². The van der Waals surface area contributed by atoms with E-state index in [9.17, 15) is 14.4 Å². The van der Waals surface area contributed by atoms with E-state index in [-0.39, 0.29) is 18.2 Å². The molecule has 6 heteroatoms. The van der Waals surface area contributed by atoms with E-state index < -0.39 is 18.0 Å². The monoisotopic (exact) mass is 437 g/mol. The van der Waals surface area contributed by atoms with Crippen LogP contribution in [0.4, 0.5) is 5.69 Å². The van der Waals surface area contributed by atoms with Gasteiger partial charge in [-0.05, 0) is 55.8 Å². The molecule has 6 nitrogen and oxygen atoms in total. The third-order valence-corrected chi connectivity index (χ3v) is 5.91. The maximum Gasteiger partial charge on any atom is 0.257 e. The highest BCUT2D eigenvalue weighted by atomic mass is 16.2. The van der Waals surface area contributed by atoms with E-state index in [1.165, 1.54) is 4.90 Å². The first kappa shape index (κ1) is 22.0. The second-order valence-electron chi connectivity index (χ2n) is 8.11. The number of carbonyl (C=O) groups is 3. The molecule has 33 heavy (non-hydrogen) atoms. The smallest absolute Gasteiger partial charge is 0.257 e. The van der Waals surface area contributed by atoms with Gasteiger partial charge in [0.2, 0.25) is 5.91 Å². The summed E-state index contributed by atoms with van der Waals surface area (Å²) in [5.41, 5.74) is 3.09. The number of imide groups is 1. The predicted molar refractivity (Wildman–Crippen MR) is 124 cm³/mol. The maximum absolute atomic E-state index is 13.7. The minimum absolute atomic E-state index is 0.104. The SMILES string of the molecule is Cc1cccc(C(=O)N(C2CC(=O)N(c3ccc(C#N)cc3)C2=O)C(C)c2ccccc2)c1. The molecule has 0 spiro atoms. The van der Waals surface area contributed by atoms with E-state index in [1.54, 1.807) is 42.5 Å². The molecule has 1 aliphatic rings. The Balaban J connectivity index is 1.73. The lowest BCUT2D eigenvalue weighted by Crippen LogP contribution is -2.46. The summed E-state index contributed by atoms with van der Waals surface area (Å²) in [6.07, 6.45) is -0.104. The van der Waals surface area contributed by atoms with Gasteiger partial charge in [-0.2, -0.15) is 5.26 Å². The van der Waals surface area contributed by atoms with E-state index in [2.05, 4.69) is 0 Å². The Morgan fingerprint density at radius 2 is 1.73 bits per heavy atom. The van der Waals surface area contributed by atoms with E-state index in [0.29, 0.717) is 16.8 Å². The zero-order chi connectivity index (χ0) is 23.5. The lowest BCUT2D eigenvalue weighted by molar-refractivity contribution is -0.122. The molecule has 2 atom stereocenters. The molecule has 0 N–H and O–H groups in total. The van der Waals surface area contributed by atoms with Gasteiger partial charge in [0.25, 0.3) is 11.8 Å². The van der Waals surface area contributed by atoms with Gasteiger partial charge in [-0.3, -0.25) is 14.4 Å². The van der Waals surface area contributed by atoms with Crippen molar-refractivity contribution in [3.63, 3.8) is 0 Å². The number of benzene rings is 3. The van der Waals surface area contributed by atoms with Crippen molar-refractivity contribution < 1.29 is 14.4 Å². The Morgan fingerprint density at radius 1 is 1.03 bits per heavy atom. The van der Waals surface area contributed by atoms with Crippen LogP contribution < -0.4 is 4.90 Å². The van der Waals surface area contributed by atoms with E-state index in [4.69, 9.17) is 5.26 Å². The average molecular weight is 437 g/mol. The molecule has 0 bridgehead atoms. The zero-order valence-electron chi connectivity index (χ0n) is 18.4. The molecule has 2 unspecified atom stereocenters. The van der Waals surface area contributed by atoms with Crippen LogP contribution in [0.3, 0.4) is 0 Å². The van der Waals surface area contributed by atoms with Crippen molar-refractivity contribution in [2.75, 3.05) is 4.90 Å². The lowest BCUT2D eigenvalue weighted by Gasteiger charge is -2.33. The first-order valence-electron chi connectivity index (χ1n) is 10.7. The van der Waals surface area contributed by atoms with Crippen molar-refractivity contribution >= 4 is 23.4 Å². The fourth-order valence-corrected chi connectivity index (χ4v) is 4.20. The van der Waals surface area contributed by atoms with Crippen molar-refractivity contribution in [2.24, 2.45) is 0 Å². The summed E-state index contributed by atoms with van der Waals surface area (Å²) in [5.74, 6) is -1.13. The number of hydrogen-bond donors (Lipinski definition) is 0. The standard InChI is InChI=1S/C27H23N3O3/c1-18-7-6-10-22(15-18)26(32)29(19(2)21-8-4-3-5-9-21)24-16-25(31)30(27(24)33)23-13-11-20(17-28)12-14-23/h3-15,19,24H,16H2,1-2H3. The molecule has 0 aliphatic carbocycles. The quantitative estimate of drug-likeness (QED) is 0.554. The molecule has 1 heterocycles. The minimum atomic E-state index is -0.934. The maximum atomic E-state index is 13.7. The van der Waals surface area contributed by atoms with Gasteiger partial charge in [-0.25, -0.2) is 4.90 Å². The number of carbonyl (C=O) groups excluding carboxylic acids is 3. The van der Waals surface area contributed by atoms with Crippen LogP contribution in [0.25, 0.3) is 0 Å². The van der Waals surface area contributed by atoms with Gasteiger partial charge in [0.05, 0.1) is 29.8 Å². The molecule has 1 aliphatic heterocycles. The third-order valence-electron chi connectivity index (χ3n) is 5.91. The van der Waals surface area contributed by atoms with Crippen LogP contribution in [-0.4, -0.2) is 28.7 Å². The van der Waals surface area contributed by atoms with Crippen LogP contribution in [0.2, 0.25) is 0 Å². The van der Waals surface area contributed by atoms with Gasteiger partial charge >= 0.3 is 0 Å². The van der Waals surface area contributed by atoms with Crippen LogP contribution in [-0.2, 0) is 9.59 Å². The summed E-state index contributed by atoms with van der Waals surface area (Å²) in [4.78, 5) is 42.7. The normalized spacial score (nSPS) is 16.4. The van der Waals surface area contributed by atoms with Crippen LogP contribution in [0.1, 0.15) is 46.4 Å². The number of nitrogens with zero attached hydrogens (tertiary/aromatic N) is 3. The van der Waals surface area contributed by atoms with E-state index in [1.807, 2.05) is 56.3 Å². The molecule has 3 aromatic carbocycles. The zero-order valence-corrected chi connectivity index (χ0v) is 18.4. The number of aryl methyl sites for hydroxylation is 1. The minimum Gasteiger partial charge on any atom is -0.319 e. The fraction of sp³-hybridized carbons (Fsp3) is 0.185. The lowest BCUT2D eigenvalue weighted by atomic mass is 10.0. The van der Waals surface area contributed by atoms with Crippen LogP contribution in [0.15, 0.2) is 78.9 Å². The summed E-state index contributed by atoms with van der Waals surface area (Å²) in [6.45, 7) is 3.77. The predicted octanol–water partition coefficient (Wildman–Crippen LogP) is 4.40. The number of nitriles is 1. The van der Waals surface area contributed by atoms with Gasteiger partial charge in [0.1, 0.15) is 6.04 Å². The summed E-state index contributed by atoms with van der Waals surface area (Å²) < 4.78 is 0. The van der Waals surface area contributed by atoms with Gasteiger partial charge in [-0.1, -0.05) is 48.0 Å². The third kappa shape index (κ3) is 4.26. The number of hydrogen-bond acceptors (Lipinski definition) is 4. The highest BCUT2D eigenvalue weighted by Gasteiger charge is 2.46. The Morgan fingerprint density at radius 3 is 2.36 bits per heavy atom. The molecular formula is C27H23N3O3. The number of anilines is 1. The van der Waals surface area contributed by atoms with Gasteiger partial charge in [0.15, 0.2) is 0 Å². The van der Waals surface area contributed by atoms with E-state index >= 15 is 0 Å². The van der Waals surface area contributed by atoms with Crippen molar-refractivity contribution in [2.45, 2.75) is 32.4 Å². The van der Waals surface area contributed by atoms with Crippen molar-refractivity contribution in [1.82, 2.24) is 4.90 Å². The summed E-state index contributed by atoms with van der Waals surface area (Å²) in [6, 6.07) is 23.6. The van der Waals surface area contributed by atoms with Crippen molar-refractivity contribution in [3.8, 4) is 6.07 Å². The average Bonchev–Trinajstić information content (AvgIpc) is 3.13. The molecule has 0 saturated carbocycles. The molecule has 1 saturated heterocycles. The van der Waals surface area contributed by atoms with Crippen molar-refractivity contribution in [1.29, 1.82) is 5.26 Å². The fourth-order valence-electron chi connectivity index (χ4n) is 4.20. The molecular weight excluding hydrogens is 414 g/mol. The summed E-state index contributed by atoms with van der Waals surface area (Å²) in [5, 5.41) is 9.03. The highest BCUT2D eigenvalue weighted by Crippen LogP contribution is 2.32. The molecule has 4 rings (SSSR count). The highest BCUT2D eigenvalue weighted by molar-refractivity contribution is 6.23.